The largest absolute Gasteiger partial charge is 0.319 e. The molecular weight excluding hydrogens is 351 g/mol. The third-order valence-electron chi connectivity index (χ3n) is 4.18. The molecule has 1 heterocycles. The fraction of sp³-hybridized carbons (Fsp3) is 0.158. The van der Waals surface area contributed by atoms with E-state index >= 15 is 0 Å². The van der Waals surface area contributed by atoms with Gasteiger partial charge in [0.1, 0.15) is 5.82 Å². The Labute approximate surface area is 154 Å². The molecule has 3 rings (SSSR count). The average molecular weight is 368 g/mol. The average Bonchev–Trinajstić information content (AvgIpc) is 2.91. The van der Waals surface area contributed by atoms with Crippen LogP contribution in [-0.2, 0) is 6.54 Å². The number of hydrogen-bond acceptors (Lipinski definition) is 4. The van der Waals surface area contributed by atoms with Crippen molar-refractivity contribution in [3.8, 4) is 0 Å². The summed E-state index contributed by atoms with van der Waals surface area (Å²) in [5.41, 5.74) is 2.81. The Balaban J connectivity index is 1.82. The molecule has 0 saturated carbocycles. The Morgan fingerprint density at radius 1 is 1.22 bits per heavy atom. The quantitative estimate of drug-likeness (QED) is 0.547. The number of carbonyl (C=O) groups excluding carboxylic acids is 1. The number of non-ortho nitro benzene ring substituents is 1. The van der Waals surface area contributed by atoms with Crippen molar-refractivity contribution >= 4 is 17.3 Å². The number of nitrogens with zero attached hydrogens (tertiary/aromatic N) is 3. The Hall–Kier alpha value is -3.55. The predicted octanol–water partition coefficient (Wildman–Crippen LogP) is 3.85. The van der Waals surface area contributed by atoms with Crippen molar-refractivity contribution in [2.75, 3.05) is 5.32 Å². The zero-order chi connectivity index (χ0) is 19.6. The number of aromatic nitrogens is 2. The van der Waals surface area contributed by atoms with Crippen molar-refractivity contribution in [2.24, 2.45) is 0 Å². The van der Waals surface area contributed by atoms with Crippen LogP contribution in [0.2, 0.25) is 0 Å². The van der Waals surface area contributed by atoms with Gasteiger partial charge in [-0.15, -0.1) is 0 Å². The van der Waals surface area contributed by atoms with Crippen LogP contribution in [0.5, 0.6) is 0 Å². The van der Waals surface area contributed by atoms with E-state index in [9.17, 15) is 19.3 Å². The second-order valence-electron chi connectivity index (χ2n) is 6.09. The van der Waals surface area contributed by atoms with Crippen molar-refractivity contribution in [1.29, 1.82) is 0 Å². The van der Waals surface area contributed by atoms with Crippen LogP contribution in [0, 0.1) is 29.8 Å². The summed E-state index contributed by atoms with van der Waals surface area (Å²) in [5, 5.41) is 18.1. The van der Waals surface area contributed by atoms with Gasteiger partial charge in [-0.1, -0.05) is 18.2 Å². The lowest BCUT2D eigenvalue weighted by Gasteiger charge is -2.07. The lowest BCUT2D eigenvalue weighted by molar-refractivity contribution is -0.384. The van der Waals surface area contributed by atoms with Gasteiger partial charge in [-0.05, 0) is 37.6 Å². The molecule has 2 aromatic carbocycles. The van der Waals surface area contributed by atoms with Crippen molar-refractivity contribution < 1.29 is 14.1 Å². The zero-order valence-corrected chi connectivity index (χ0v) is 14.8. The molecule has 0 unspecified atom stereocenters. The summed E-state index contributed by atoms with van der Waals surface area (Å²) in [5.74, 6) is -0.761. The van der Waals surface area contributed by atoms with E-state index in [1.807, 2.05) is 6.92 Å². The molecule has 0 aliphatic carbocycles. The number of rotatable bonds is 5. The standard InChI is InChI=1S/C19H17FN4O3/c1-12-18(21-19(25)15-4-3-5-17(10-15)24(26)27)13(2)23(22-12)11-14-6-8-16(20)9-7-14/h3-10H,11H2,1-2H3,(H,21,25). The molecule has 0 radical (unpaired) electrons. The van der Waals surface area contributed by atoms with Gasteiger partial charge in [0.25, 0.3) is 11.6 Å². The maximum atomic E-state index is 13.0. The number of halogens is 1. The summed E-state index contributed by atoms with van der Waals surface area (Å²) >= 11 is 0. The minimum atomic E-state index is -0.548. The van der Waals surface area contributed by atoms with E-state index in [1.54, 1.807) is 23.7 Å². The van der Waals surface area contributed by atoms with Gasteiger partial charge >= 0.3 is 0 Å². The molecule has 0 atom stereocenters. The Kier molecular flexibility index (Phi) is 4.98. The number of anilines is 1. The van der Waals surface area contributed by atoms with Gasteiger partial charge in [-0.3, -0.25) is 19.6 Å². The van der Waals surface area contributed by atoms with Crippen LogP contribution in [0.15, 0.2) is 48.5 Å². The molecule has 0 saturated heterocycles. The molecule has 1 amide bonds. The molecule has 0 bridgehead atoms. The van der Waals surface area contributed by atoms with Crippen molar-refractivity contribution in [3.05, 3.63) is 87.0 Å². The van der Waals surface area contributed by atoms with E-state index in [4.69, 9.17) is 0 Å². The SMILES string of the molecule is Cc1nn(Cc2ccc(F)cc2)c(C)c1NC(=O)c1cccc([N+](=O)[O-])c1. The summed E-state index contributed by atoms with van der Waals surface area (Å²) in [4.78, 5) is 22.8. The number of aryl methyl sites for hydroxylation is 1. The van der Waals surface area contributed by atoms with Gasteiger partial charge in [0, 0.05) is 17.7 Å². The summed E-state index contributed by atoms with van der Waals surface area (Å²) in [6.45, 7) is 4.00. The maximum Gasteiger partial charge on any atom is 0.270 e. The second-order valence-corrected chi connectivity index (χ2v) is 6.09. The Morgan fingerprint density at radius 3 is 2.59 bits per heavy atom. The highest BCUT2D eigenvalue weighted by Crippen LogP contribution is 2.22. The number of nitro benzene ring substituents is 1. The highest BCUT2D eigenvalue weighted by molar-refractivity contribution is 6.05. The molecule has 0 spiro atoms. The second kappa shape index (κ2) is 7.36. The van der Waals surface area contributed by atoms with E-state index in [-0.39, 0.29) is 17.1 Å². The van der Waals surface area contributed by atoms with Crippen LogP contribution >= 0.6 is 0 Å². The fourth-order valence-corrected chi connectivity index (χ4v) is 2.74. The number of benzene rings is 2. The number of carbonyl (C=O) groups is 1. The lowest BCUT2D eigenvalue weighted by Crippen LogP contribution is -2.13. The van der Waals surface area contributed by atoms with Crippen LogP contribution in [0.25, 0.3) is 0 Å². The molecule has 1 aromatic heterocycles. The minimum absolute atomic E-state index is 0.150. The first-order chi connectivity index (χ1) is 12.8. The lowest BCUT2D eigenvalue weighted by atomic mass is 10.2. The number of amides is 1. The van der Waals surface area contributed by atoms with Gasteiger partial charge in [-0.25, -0.2) is 4.39 Å². The third-order valence-corrected chi connectivity index (χ3v) is 4.18. The first-order valence-electron chi connectivity index (χ1n) is 8.19. The van der Waals surface area contributed by atoms with E-state index in [1.165, 1.54) is 36.4 Å². The van der Waals surface area contributed by atoms with Crippen molar-refractivity contribution in [1.82, 2.24) is 9.78 Å². The van der Waals surface area contributed by atoms with E-state index in [0.717, 1.165) is 11.3 Å². The van der Waals surface area contributed by atoms with Crippen LogP contribution in [0.1, 0.15) is 27.3 Å². The monoisotopic (exact) mass is 368 g/mol. The van der Waals surface area contributed by atoms with Crippen molar-refractivity contribution in [2.45, 2.75) is 20.4 Å². The summed E-state index contributed by atoms with van der Waals surface area (Å²) < 4.78 is 14.8. The molecule has 0 fully saturated rings. The van der Waals surface area contributed by atoms with Gasteiger partial charge in [0.05, 0.1) is 28.5 Å². The number of hydrogen-bond donors (Lipinski definition) is 1. The number of nitro groups is 1. The maximum absolute atomic E-state index is 13.0. The smallest absolute Gasteiger partial charge is 0.270 e. The fourth-order valence-electron chi connectivity index (χ4n) is 2.74. The highest BCUT2D eigenvalue weighted by atomic mass is 19.1. The molecule has 27 heavy (non-hydrogen) atoms. The van der Waals surface area contributed by atoms with E-state index in [0.29, 0.717) is 17.9 Å². The molecule has 8 heteroatoms. The molecular formula is C19H17FN4O3. The van der Waals surface area contributed by atoms with Crippen LogP contribution < -0.4 is 5.32 Å². The van der Waals surface area contributed by atoms with E-state index < -0.39 is 10.8 Å². The van der Waals surface area contributed by atoms with Gasteiger partial charge in [-0.2, -0.15) is 5.10 Å². The zero-order valence-electron chi connectivity index (χ0n) is 14.8. The highest BCUT2D eigenvalue weighted by Gasteiger charge is 2.17. The van der Waals surface area contributed by atoms with Gasteiger partial charge in [0.2, 0.25) is 0 Å². The summed E-state index contributed by atoms with van der Waals surface area (Å²) in [7, 11) is 0. The minimum Gasteiger partial charge on any atom is -0.319 e. The van der Waals surface area contributed by atoms with Crippen LogP contribution in [0.4, 0.5) is 15.8 Å². The number of nitrogens with one attached hydrogen (secondary N) is 1. The van der Waals surface area contributed by atoms with Gasteiger partial charge < -0.3 is 5.32 Å². The molecule has 1 N–H and O–H groups in total. The van der Waals surface area contributed by atoms with Crippen molar-refractivity contribution in [3.63, 3.8) is 0 Å². The first-order valence-corrected chi connectivity index (χ1v) is 8.19. The topological polar surface area (TPSA) is 90.1 Å². The molecule has 0 aliphatic heterocycles. The molecule has 138 valence electrons. The molecule has 0 aliphatic rings. The predicted molar refractivity (Wildman–Crippen MR) is 98.3 cm³/mol. The normalized spacial score (nSPS) is 10.6. The molecule has 7 nitrogen and oxygen atoms in total. The van der Waals surface area contributed by atoms with Crippen LogP contribution in [-0.4, -0.2) is 20.6 Å². The first kappa shape index (κ1) is 18.2. The Bertz CT molecular complexity index is 1010. The van der Waals surface area contributed by atoms with E-state index in [2.05, 4.69) is 10.4 Å². The summed E-state index contributed by atoms with van der Waals surface area (Å²) in [6, 6.07) is 11.6. The molecule has 3 aromatic rings. The third kappa shape index (κ3) is 4.00. The van der Waals surface area contributed by atoms with Crippen LogP contribution in [0.3, 0.4) is 0 Å². The summed E-state index contributed by atoms with van der Waals surface area (Å²) in [6.07, 6.45) is 0. The Morgan fingerprint density at radius 2 is 1.93 bits per heavy atom. The van der Waals surface area contributed by atoms with Gasteiger partial charge in [0.15, 0.2) is 0 Å².